The van der Waals surface area contributed by atoms with Gasteiger partial charge < -0.3 is 4.74 Å². The zero-order valence-corrected chi connectivity index (χ0v) is 5.47. The van der Waals surface area contributed by atoms with Crippen LogP contribution in [0, 0.1) is 0 Å². The van der Waals surface area contributed by atoms with Crippen molar-refractivity contribution in [2.45, 2.75) is 13.8 Å². The Morgan fingerprint density at radius 3 is 2.67 bits per heavy atom. The van der Waals surface area contributed by atoms with Crippen molar-refractivity contribution < 1.29 is 9.53 Å². The standard InChI is InChI=1S/C6H8NO2/c1-3-9-6(8)5(2)4-7/h3H2,1-2H3. The van der Waals surface area contributed by atoms with Crippen molar-refractivity contribution in [3.05, 3.63) is 5.57 Å². The average Bonchev–Trinajstić information content (AvgIpc) is 1.87. The lowest BCUT2D eigenvalue weighted by atomic mass is 10.3. The van der Waals surface area contributed by atoms with Gasteiger partial charge >= 0.3 is 5.97 Å². The van der Waals surface area contributed by atoms with Crippen molar-refractivity contribution in [3.63, 3.8) is 0 Å². The van der Waals surface area contributed by atoms with Crippen LogP contribution in [0.25, 0.3) is 0 Å². The minimum Gasteiger partial charge on any atom is -0.462 e. The molecule has 3 nitrogen and oxygen atoms in total. The molecule has 0 saturated heterocycles. The first-order valence-corrected chi connectivity index (χ1v) is 2.63. The summed E-state index contributed by atoms with van der Waals surface area (Å²) in [6.07, 6.45) is 0. The summed E-state index contributed by atoms with van der Waals surface area (Å²) in [6, 6.07) is 0. The highest BCUT2D eigenvalue weighted by Crippen LogP contribution is 1.88. The Hall–Kier alpha value is -1.08. The Bertz CT molecular complexity index is 156. The van der Waals surface area contributed by atoms with E-state index in [1.165, 1.54) is 6.92 Å². The molecule has 0 heterocycles. The highest BCUT2D eigenvalue weighted by molar-refractivity contribution is 5.96. The molecule has 49 valence electrons. The Labute approximate surface area is 53.8 Å². The molecule has 0 amide bonds. The maximum absolute atomic E-state index is 10.5. The minimum atomic E-state index is -0.528. The Balaban J connectivity index is 3.89. The number of rotatable bonds is 2. The Morgan fingerprint density at radius 2 is 2.33 bits per heavy atom. The maximum atomic E-state index is 10.5. The predicted octanol–water partition coefficient (Wildman–Crippen LogP) is -0.0344. The van der Waals surface area contributed by atoms with Gasteiger partial charge in [-0.05, 0) is 13.8 Å². The van der Waals surface area contributed by atoms with Crippen molar-refractivity contribution in [2.24, 2.45) is 0 Å². The van der Waals surface area contributed by atoms with E-state index in [1.807, 2.05) is 0 Å². The van der Waals surface area contributed by atoms with Crippen molar-refractivity contribution in [1.29, 1.82) is 0 Å². The lowest BCUT2D eigenvalue weighted by Crippen LogP contribution is -2.05. The highest BCUT2D eigenvalue weighted by atomic mass is 16.5. The second-order valence-electron chi connectivity index (χ2n) is 1.46. The molecule has 9 heavy (non-hydrogen) atoms. The van der Waals surface area contributed by atoms with Crippen LogP contribution in [-0.4, -0.2) is 18.4 Å². The van der Waals surface area contributed by atoms with Crippen LogP contribution in [0.2, 0.25) is 0 Å². The molecule has 0 aliphatic heterocycles. The van der Waals surface area contributed by atoms with Crippen molar-refractivity contribution in [1.82, 2.24) is 5.41 Å². The third-order valence-corrected chi connectivity index (χ3v) is 0.749. The van der Waals surface area contributed by atoms with Crippen LogP contribution in [0.4, 0.5) is 0 Å². The molecule has 0 aliphatic carbocycles. The summed E-state index contributed by atoms with van der Waals surface area (Å²) in [4.78, 5) is 10.5. The molecular weight excluding hydrogens is 118 g/mol. The second-order valence-corrected chi connectivity index (χ2v) is 1.46. The van der Waals surface area contributed by atoms with E-state index in [2.05, 4.69) is 4.74 Å². The van der Waals surface area contributed by atoms with Gasteiger partial charge in [0.05, 0.1) is 12.2 Å². The second kappa shape index (κ2) is 3.87. The van der Waals surface area contributed by atoms with Gasteiger partial charge in [0.15, 0.2) is 0 Å². The summed E-state index contributed by atoms with van der Waals surface area (Å²) in [5.41, 5.74) is 0.0943. The van der Waals surface area contributed by atoms with E-state index in [4.69, 9.17) is 5.41 Å². The number of carbonyl (C=O) groups excluding carboxylic acids is 1. The molecular formula is C6H8NO2. The smallest absolute Gasteiger partial charge is 0.343 e. The van der Waals surface area contributed by atoms with Crippen molar-refractivity contribution in [2.75, 3.05) is 6.61 Å². The molecule has 0 aromatic carbocycles. The quantitative estimate of drug-likeness (QED) is 0.296. The normalized spacial score (nSPS) is 7.78. The summed E-state index contributed by atoms with van der Waals surface area (Å²) in [5, 5.41) is 8.14. The van der Waals surface area contributed by atoms with Gasteiger partial charge in [-0.15, -0.1) is 0 Å². The fourth-order valence-corrected chi connectivity index (χ4v) is 0.285. The molecule has 0 bridgehead atoms. The number of hydrogen-bond acceptors (Lipinski definition) is 2. The molecule has 0 saturated carbocycles. The van der Waals surface area contributed by atoms with Gasteiger partial charge in [-0.25, -0.2) is 4.79 Å². The van der Waals surface area contributed by atoms with E-state index in [-0.39, 0.29) is 5.57 Å². The van der Waals surface area contributed by atoms with Crippen LogP contribution in [-0.2, 0) is 9.53 Å². The number of nitrogens with zero attached hydrogens (tertiary/aromatic N) is 1. The summed E-state index contributed by atoms with van der Waals surface area (Å²) in [5.74, 6) is 1.16. The lowest BCUT2D eigenvalue weighted by molar-refractivity contribution is -0.138. The van der Waals surface area contributed by atoms with Gasteiger partial charge in [-0.3, -0.25) is 0 Å². The van der Waals surface area contributed by atoms with Gasteiger partial charge in [0, 0.05) is 5.87 Å². The van der Waals surface area contributed by atoms with Gasteiger partial charge in [0.2, 0.25) is 0 Å². The first kappa shape index (κ1) is 7.92. The van der Waals surface area contributed by atoms with Gasteiger partial charge in [-0.1, -0.05) is 5.41 Å². The zero-order valence-electron chi connectivity index (χ0n) is 5.47. The van der Waals surface area contributed by atoms with Gasteiger partial charge in [-0.2, -0.15) is 0 Å². The first-order valence-electron chi connectivity index (χ1n) is 2.63. The minimum absolute atomic E-state index is 0.0943. The SMILES string of the molecule is CCOC(=O)C(C)=C=[N]. The van der Waals surface area contributed by atoms with Gasteiger partial charge in [0.25, 0.3) is 0 Å². The Kier molecular flexibility index (Phi) is 3.40. The van der Waals surface area contributed by atoms with Crippen molar-refractivity contribution >= 4 is 11.8 Å². The van der Waals surface area contributed by atoms with Crippen LogP contribution in [0.5, 0.6) is 0 Å². The van der Waals surface area contributed by atoms with Crippen LogP contribution in [0.3, 0.4) is 0 Å². The fourth-order valence-electron chi connectivity index (χ4n) is 0.285. The third kappa shape index (κ3) is 2.67. The Morgan fingerprint density at radius 1 is 1.78 bits per heavy atom. The topological polar surface area (TPSA) is 48.6 Å². The maximum Gasteiger partial charge on any atom is 0.343 e. The number of esters is 1. The van der Waals surface area contributed by atoms with Crippen LogP contribution in [0.15, 0.2) is 5.57 Å². The highest BCUT2D eigenvalue weighted by Gasteiger charge is 2.01. The lowest BCUT2D eigenvalue weighted by Gasteiger charge is -1.95. The van der Waals surface area contributed by atoms with E-state index in [0.717, 1.165) is 0 Å². The number of ether oxygens (including phenoxy) is 1. The molecule has 0 aromatic rings. The van der Waals surface area contributed by atoms with Crippen LogP contribution in [0.1, 0.15) is 13.8 Å². The van der Waals surface area contributed by atoms with E-state index < -0.39 is 5.97 Å². The molecule has 0 atom stereocenters. The summed E-state index contributed by atoms with van der Waals surface area (Å²) in [6.45, 7) is 3.44. The van der Waals surface area contributed by atoms with E-state index in [9.17, 15) is 4.79 Å². The molecule has 0 fully saturated rings. The summed E-state index contributed by atoms with van der Waals surface area (Å²) in [7, 11) is 0. The molecule has 0 aromatic heterocycles. The number of carbonyl (C=O) groups is 1. The molecule has 1 radical (unpaired) electrons. The van der Waals surface area contributed by atoms with Crippen molar-refractivity contribution in [3.8, 4) is 0 Å². The molecule has 0 spiro atoms. The van der Waals surface area contributed by atoms with Crippen LogP contribution < -0.4 is 5.41 Å². The van der Waals surface area contributed by atoms with E-state index in [0.29, 0.717) is 6.61 Å². The largest absolute Gasteiger partial charge is 0.462 e. The molecule has 3 heteroatoms. The van der Waals surface area contributed by atoms with Crippen LogP contribution >= 0.6 is 0 Å². The molecule has 0 N–H and O–H groups in total. The van der Waals surface area contributed by atoms with Gasteiger partial charge in [0.1, 0.15) is 0 Å². The third-order valence-electron chi connectivity index (χ3n) is 0.749. The fraction of sp³-hybridized carbons (Fsp3) is 0.500. The number of hydrogen-bond donors (Lipinski definition) is 0. The zero-order chi connectivity index (χ0) is 7.28. The average molecular weight is 126 g/mol. The molecule has 0 unspecified atom stereocenters. The monoisotopic (exact) mass is 126 g/mol. The van der Waals surface area contributed by atoms with E-state index in [1.54, 1.807) is 12.8 Å². The predicted molar refractivity (Wildman–Crippen MR) is 33.0 cm³/mol. The molecule has 0 aliphatic rings. The first-order chi connectivity index (χ1) is 4.22. The van der Waals surface area contributed by atoms with E-state index >= 15 is 0 Å². The molecule has 0 rings (SSSR count). The summed E-state index contributed by atoms with van der Waals surface area (Å²) >= 11 is 0. The summed E-state index contributed by atoms with van der Waals surface area (Å²) < 4.78 is 4.50.